The Morgan fingerprint density at radius 3 is 1.54 bits per heavy atom. The summed E-state index contributed by atoms with van der Waals surface area (Å²) in [6.07, 6.45) is 41.3. The Kier molecular flexibility index (Phi) is 37.9. The molecule has 6 atom stereocenters. The second-order valence-electron chi connectivity index (χ2n) is 23.7. The third kappa shape index (κ3) is 30.8. The number of carbonyl (C=O) groups is 8. The van der Waals surface area contributed by atoms with E-state index in [9.17, 15) is 43.5 Å². The van der Waals surface area contributed by atoms with Gasteiger partial charge in [-0.3, -0.25) is 43.8 Å². The molecule has 0 aromatic heterocycles. The van der Waals surface area contributed by atoms with E-state index in [0.717, 1.165) is 38.5 Å². The summed E-state index contributed by atoms with van der Waals surface area (Å²) in [5.41, 5.74) is 5.40. The highest BCUT2D eigenvalue weighted by molar-refractivity contribution is 5.98. The number of nitrogens with one attached hydrogen (secondary N) is 7. The number of amides is 7. The standard InChI is InChI=1S/C62H112N10O9/c1-3-5-7-9-11-13-15-17-19-21-23-25-27-29-31-33-42-71(43-34-32-30-28-26-24-22-20-18-16-14-12-10-8-6-4-2)55(75)40-39-53(73)66-46-48-44-49-37-38-52-60(80)69-50(36-35-41-65-62(63)64)58(78)67-47-54(74)68-51(45-56(76)77)59(79)70-57(48)61(81)72(49)52/h48-52,57H,3-47H2,1-2H3,(H,66,73)(H,67,78)(H,68,74)(H,69,80)(H,70,79)(H,76,77)(H4,63,64,65)/t48-,49-,50-,51-,52-,57+/m0/s1. The second kappa shape index (κ2) is 43.7. The van der Waals surface area contributed by atoms with Crippen molar-refractivity contribution in [2.75, 3.05) is 32.7 Å². The van der Waals surface area contributed by atoms with Crippen molar-refractivity contribution in [1.29, 1.82) is 5.41 Å². The molecule has 7 amide bonds. The number of nitrogens with zero attached hydrogens (tertiary/aromatic N) is 2. The van der Waals surface area contributed by atoms with Crippen LogP contribution in [0.4, 0.5) is 0 Å². The Balaban J connectivity index is 1.57. The van der Waals surface area contributed by atoms with Crippen molar-refractivity contribution < 1.29 is 43.5 Å². The molecule has 0 aromatic rings. The zero-order valence-electron chi connectivity index (χ0n) is 50.5. The van der Waals surface area contributed by atoms with E-state index < -0.39 is 84.6 Å². The number of piperidine rings is 1. The first-order valence-corrected chi connectivity index (χ1v) is 32.6. The molecule has 464 valence electrons. The fourth-order valence-corrected chi connectivity index (χ4v) is 11.9. The summed E-state index contributed by atoms with van der Waals surface area (Å²) in [7, 11) is 0. The molecule has 0 spiro atoms. The predicted molar refractivity (Wildman–Crippen MR) is 320 cm³/mol. The van der Waals surface area contributed by atoms with E-state index in [2.05, 4.69) is 45.7 Å². The highest BCUT2D eigenvalue weighted by atomic mass is 16.4. The maximum Gasteiger partial charge on any atom is 0.305 e. The molecule has 3 aliphatic rings. The Bertz CT molecular complexity index is 1820. The SMILES string of the molecule is CCCCCCCCCCCCCCCCCCN(CCCCCCCCCCCCCCCCCC)C(=O)CCC(=O)NC[C@@H]1C[C@@H]2CC[C@H]3C(=O)N[C@@H](CCCNC(=N)N)C(=O)NCC(=O)N[C@@H](CC(=O)O)C(=O)N[C@H]1C(=O)N23. The number of hydrogen-bond acceptors (Lipinski definition) is 9. The summed E-state index contributed by atoms with van der Waals surface area (Å²) in [4.78, 5) is 111. The topological polar surface area (TPSA) is 285 Å². The molecule has 0 unspecified atom stereocenters. The average molecular weight is 1140 g/mol. The van der Waals surface area contributed by atoms with Crippen LogP contribution in [0.15, 0.2) is 0 Å². The number of carbonyl (C=O) groups excluding carboxylic acids is 7. The Labute approximate surface area is 487 Å². The lowest BCUT2D eigenvalue weighted by molar-refractivity contribution is -0.149. The summed E-state index contributed by atoms with van der Waals surface area (Å²) in [6.45, 7) is 5.40. The summed E-state index contributed by atoms with van der Waals surface area (Å²) in [6, 6.07) is -5.48. The third-order valence-corrected chi connectivity index (χ3v) is 16.8. The highest BCUT2D eigenvalue weighted by Crippen LogP contribution is 2.36. The number of aliphatic carboxylic acids is 1. The van der Waals surface area contributed by atoms with Gasteiger partial charge < -0.3 is 52.5 Å². The number of hydrogen-bond donors (Lipinski definition) is 9. The number of rotatable bonds is 45. The van der Waals surface area contributed by atoms with Crippen molar-refractivity contribution in [2.45, 2.75) is 301 Å². The minimum atomic E-state index is -1.62. The molecule has 3 fully saturated rings. The van der Waals surface area contributed by atoms with Crippen LogP contribution in [-0.2, 0) is 38.4 Å². The van der Waals surface area contributed by atoms with Crippen LogP contribution in [0.25, 0.3) is 0 Å². The molecule has 0 radical (unpaired) electrons. The van der Waals surface area contributed by atoms with Crippen LogP contribution in [0.2, 0.25) is 0 Å². The van der Waals surface area contributed by atoms with E-state index in [1.54, 1.807) is 0 Å². The molecule has 0 aromatic carbocycles. The molecule has 19 heteroatoms. The molecule has 0 aliphatic carbocycles. The van der Waals surface area contributed by atoms with Crippen molar-refractivity contribution >= 4 is 53.3 Å². The molecule has 3 rings (SSSR count). The van der Waals surface area contributed by atoms with Crippen molar-refractivity contribution in [3.05, 3.63) is 0 Å². The van der Waals surface area contributed by atoms with E-state index >= 15 is 0 Å². The van der Waals surface area contributed by atoms with Crippen LogP contribution in [0.3, 0.4) is 0 Å². The van der Waals surface area contributed by atoms with Crippen LogP contribution < -0.4 is 37.6 Å². The third-order valence-electron chi connectivity index (χ3n) is 16.8. The smallest absolute Gasteiger partial charge is 0.305 e. The van der Waals surface area contributed by atoms with Gasteiger partial charge in [0, 0.05) is 51.0 Å². The lowest BCUT2D eigenvalue weighted by Gasteiger charge is -2.42. The van der Waals surface area contributed by atoms with Gasteiger partial charge in [0.05, 0.1) is 13.0 Å². The number of carboxylic acids is 1. The first-order valence-electron chi connectivity index (χ1n) is 32.6. The largest absolute Gasteiger partial charge is 0.481 e. The number of carboxylic acid groups (broad SMARTS) is 1. The first kappa shape index (κ1) is 70.3. The van der Waals surface area contributed by atoms with Gasteiger partial charge in [0.1, 0.15) is 24.2 Å². The summed E-state index contributed by atoms with van der Waals surface area (Å²) in [5.74, 6) is -6.49. The maximum atomic E-state index is 14.5. The van der Waals surface area contributed by atoms with Crippen molar-refractivity contribution in [2.24, 2.45) is 11.7 Å². The maximum absolute atomic E-state index is 14.5. The second-order valence-corrected chi connectivity index (χ2v) is 23.7. The summed E-state index contributed by atoms with van der Waals surface area (Å²) >= 11 is 0. The molecular weight excluding hydrogens is 1030 g/mol. The Hall–Kier alpha value is -4.97. The Morgan fingerprint density at radius 2 is 1.07 bits per heavy atom. The zero-order valence-corrected chi connectivity index (χ0v) is 50.5. The van der Waals surface area contributed by atoms with Crippen LogP contribution >= 0.6 is 0 Å². The zero-order chi connectivity index (χ0) is 58.9. The van der Waals surface area contributed by atoms with E-state index in [0.29, 0.717) is 25.9 Å². The van der Waals surface area contributed by atoms with Gasteiger partial charge in [0.2, 0.25) is 41.4 Å². The number of nitrogens with two attached hydrogens (primary N) is 1. The van der Waals surface area contributed by atoms with E-state index in [1.165, 1.54) is 172 Å². The van der Waals surface area contributed by atoms with E-state index in [-0.39, 0.29) is 63.0 Å². The van der Waals surface area contributed by atoms with Crippen LogP contribution in [0.5, 0.6) is 0 Å². The molecule has 0 saturated carbocycles. The lowest BCUT2D eigenvalue weighted by atomic mass is 9.85. The number of fused-ring (bicyclic) bond motifs is 1. The normalized spacial score (nSPS) is 20.4. The molecule has 3 saturated heterocycles. The van der Waals surface area contributed by atoms with E-state index in [1.807, 2.05) is 4.90 Å². The van der Waals surface area contributed by atoms with Crippen molar-refractivity contribution in [1.82, 2.24) is 41.7 Å². The van der Waals surface area contributed by atoms with Crippen LogP contribution in [0, 0.1) is 11.3 Å². The molecular formula is C62H112N10O9. The summed E-state index contributed by atoms with van der Waals surface area (Å²) < 4.78 is 0. The summed E-state index contributed by atoms with van der Waals surface area (Å²) in [5, 5.41) is 32.9. The van der Waals surface area contributed by atoms with Crippen LogP contribution in [0.1, 0.15) is 271 Å². The van der Waals surface area contributed by atoms with Gasteiger partial charge in [0.25, 0.3) is 0 Å². The van der Waals surface area contributed by atoms with Gasteiger partial charge in [-0.05, 0) is 44.9 Å². The van der Waals surface area contributed by atoms with Gasteiger partial charge in [-0.1, -0.05) is 206 Å². The first-order chi connectivity index (χ1) is 39.2. The number of guanidine groups is 1. The van der Waals surface area contributed by atoms with Crippen LogP contribution in [-0.4, -0.2) is 131 Å². The van der Waals surface area contributed by atoms with Gasteiger partial charge >= 0.3 is 5.97 Å². The molecule has 10 N–H and O–H groups in total. The minimum Gasteiger partial charge on any atom is -0.481 e. The number of unbranched alkanes of at least 4 members (excludes halogenated alkanes) is 30. The van der Waals surface area contributed by atoms with Gasteiger partial charge in [-0.15, -0.1) is 0 Å². The van der Waals surface area contributed by atoms with Gasteiger partial charge in [-0.25, -0.2) is 0 Å². The molecule has 2 bridgehead atoms. The van der Waals surface area contributed by atoms with Crippen molar-refractivity contribution in [3.63, 3.8) is 0 Å². The predicted octanol–water partition coefficient (Wildman–Crippen LogP) is 8.94. The Morgan fingerprint density at radius 1 is 0.593 bits per heavy atom. The van der Waals surface area contributed by atoms with Gasteiger partial charge in [-0.2, -0.15) is 0 Å². The highest BCUT2D eigenvalue weighted by Gasteiger charge is 2.51. The fraction of sp³-hybridized carbons (Fsp3) is 0.855. The molecule has 3 heterocycles. The van der Waals surface area contributed by atoms with E-state index in [4.69, 9.17) is 11.1 Å². The molecule has 81 heavy (non-hydrogen) atoms. The monoisotopic (exact) mass is 1140 g/mol. The van der Waals surface area contributed by atoms with Crippen molar-refractivity contribution in [3.8, 4) is 0 Å². The fourth-order valence-electron chi connectivity index (χ4n) is 11.9. The molecule has 19 nitrogen and oxygen atoms in total. The van der Waals surface area contributed by atoms with Gasteiger partial charge in [0.15, 0.2) is 5.96 Å². The minimum absolute atomic E-state index is 0.0304. The average Bonchev–Trinajstić information content (AvgIpc) is 4.14. The lowest BCUT2D eigenvalue weighted by Crippen LogP contribution is -2.65. The molecule has 3 aliphatic heterocycles. The quantitative estimate of drug-likeness (QED) is 0.0158.